The van der Waals surface area contributed by atoms with Gasteiger partial charge in [0, 0.05) is 0 Å². The topological polar surface area (TPSA) is 141 Å². The van der Waals surface area contributed by atoms with Gasteiger partial charge in [-0.05, 0) is 59.3 Å². The fourth-order valence-electron chi connectivity index (χ4n) is 3.03. The number of hydrogen-bond donors (Lipinski definition) is 1. The molecular formula is C22H16O9S3. The molecule has 9 nitrogen and oxygen atoms in total. The van der Waals surface area contributed by atoms with Crippen LogP contribution in [0.25, 0.3) is 10.8 Å². The van der Waals surface area contributed by atoms with E-state index in [2.05, 4.69) is 0 Å². The Morgan fingerprint density at radius 1 is 0.500 bits per heavy atom. The number of rotatable bonds is 7. The molecule has 176 valence electrons. The lowest BCUT2D eigenvalue weighted by Gasteiger charge is -2.14. The first-order valence-corrected chi connectivity index (χ1v) is 13.8. The Balaban J connectivity index is 1.87. The Hall–Kier alpha value is -3.45. The SMILES string of the molecule is O=S(=O)(O)c1ccc2cc(OS(=O)(=O)c3ccccc3)c(OS(=O)(=O)c3ccccc3)cc2c1. The molecule has 4 aromatic carbocycles. The molecule has 0 unspecified atom stereocenters. The Labute approximate surface area is 196 Å². The highest BCUT2D eigenvalue weighted by Gasteiger charge is 2.24. The van der Waals surface area contributed by atoms with Crippen LogP contribution in [0.3, 0.4) is 0 Å². The summed E-state index contributed by atoms with van der Waals surface area (Å²) in [5.41, 5.74) is 0. The molecule has 0 amide bonds. The predicted molar refractivity (Wildman–Crippen MR) is 122 cm³/mol. The smallest absolute Gasteiger partial charge is 0.339 e. The average Bonchev–Trinajstić information content (AvgIpc) is 2.79. The van der Waals surface area contributed by atoms with Crippen molar-refractivity contribution < 1.29 is 38.2 Å². The molecule has 0 aliphatic heterocycles. The Morgan fingerprint density at radius 3 is 1.38 bits per heavy atom. The lowest BCUT2D eigenvalue weighted by molar-refractivity contribution is 0.450. The molecule has 4 aromatic rings. The maximum absolute atomic E-state index is 12.8. The van der Waals surface area contributed by atoms with Crippen molar-refractivity contribution in [2.24, 2.45) is 0 Å². The second kappa shape index (κ2) is 8.72. The van der Waals surface area contributed by atoms with Gasteiger partial charge in [-0.2, -0.15) is 25.3 Å². The second-order valence-electron chi connectivity index (χ2n) is 6.98. The summed E-state index contributed by atoms with van der Waals surface area (Å²) in [4.78, 5) is -0.810. The predicted octanol–water partition coefficient (Wildman–Crippen LogP) is 3.62. The fraction of sp³-hybridized carbons (Fsp3) is 0. The Morgan fingerprint density at radius 2 is 0.941 bits per heavy atom. The zero-order chi connectivity index (χ0) is 24.6. The standard InChI is InChI=1S/C22H16O9S3/c23-32(24,25)20-12-11-16-14-21(30-33(26,27)18-7-3-1-4-8-18)22(15-17(16)13-20)31-34(28,29)19-9-5-2-6-10-19/h1-15H,(H,23,24,25). The molecule has 0 saturated carbocycles. The number of fused-ring (bicyclic) bond motifs is 1. The van der Waals surface area contributed by atoms with E-state index in [-0.39, 0.29) is 15.2 Å². The number of benzene rings is 4. The van der Waals surface area contributed by atoms with Gasteiger partial charge in [0.2, 0.25) is 0 Å². The first-order chi connectivity index (χ1) is 16.0. The summed E-state index contributed by atoms with van der Waals surface area (Å²) in [6.07, 6.45) is 0. The van der Waals surface area contributed by atoms with Crippen molar-refractivity contribution >= 4 is 41.1 Å². The van der Waals surface area contributed by atoms with Crippen molar-refractivity contribution in [2.75, 3.05) is 0 Å². The van der Waals surface area contributed by atoms with Gasteiger partial charge in [0.05, 0.1) is 4.90 Å². The third kappa shape index (κ3) is 5.04. The first kappa shape index (κ1) is 23.7. The molecular weight excluding hydrogens is 504 g/mol. The molecule has 12 heteroatoms. The van der Waals surface area contributed by atoms with Crippen molar-refractivity contribution in [3.05, 3.63) is 91.0 Å². The van der Waals surface area contributed by atoms with E-state index in [0.29, 0.717) is 5.39 Å². The van der Waals surface area contributed by atoms with Crippen LogP contribution >= 0.6 is 0 Å². The van der Waals surface area contributed by atoms with E-state index < -0.39 is 46.7 Å². The molecule has 0 aliphatic rings. The Kier molecular flexibility index (Phi) is 6.08. The zero-order valence-corrected chi connectivity index (χ0v) is 19.5. The second-order valence-corrected chi connectivity index (χ2v) is 11.5. The normalized spacial score (nSPS) is 12.4. The molecule has 4 rings (SSSR count). The van der Waals surface area contributed by atoms with Crippen molar-refractivity contribution in [1.82, 2.24) is 0 Å². The van der Waals surface area contributed by atoms with Crippen LogP contribution in [0.15, 0.2) is 106 Å². The molecule has 0 aliphatic carbocycles. The van der Waals surface area contributed by atoms with Gasteiger partial charge in [0.15, 0.2) is 11.5 Å². The monoisotopic (exact) mass is 520 g/mol. The molecule has 0 fully saturated rings. The molecule has 1 N–H and O–H groups in total. The van der Waals surface area contributed by atoms with Crippen LogP contribution in [0.5, 0.6) is 11.5 Å². The van der Waals surface area contributed by atoms with Gasteiger partial charge in [-0.15, -0.1) is 0 Å². The molecule has 0 radical (unpaired) electrons. The van der Waals surface area contributed by atoms with E-state index in [0.717, 1.165) is 18.2 Å². The van der Waals surface area contributed by atoms with Crippen LogP contribution in [0.2, 0.25) is 0 Å². The molecule has 0 heterocycles. The summed E-state index contributed by atoms with van der Waals surface area (Å²) >= 11 is 0. The zero-order valence-electron chi connectivity index (χ0n) is 17.1. The van der Waals surface area contributed by atoms with Crippen LogP contribution in [0, 0.1) is 0 Å². The van der Waals surface area contributed by atoms with Crippen LogP contribution in [-0.4, -0.2) is 29.8 Å². The summed E-state index contributed by atoms with van der Waals surface area (Å²) in [5, 5.41) is 0.452. The minimum Gasteiger partial charge on any atom is -0.375 e. The van der Waals surface area contributed by atoms with Gasteiger partial charge < -0.3 is 8.37 Å². The highest BCUT2D eigenvalue weighted by Crippen LogP contribution is 2.37. The minimum atomic E-state index is -4.55. The van der Waals surface area contributed by atoms with Crippen molar-refractivity contribution in [1.29, 1.82) is 0 Å². The largest absolute Gasteiger partial charge is 0.375 e. The van der Waals surface area contributed by atoms with E-state index >= 15 is 0 Å². The third-order valence-corrected chi connectivity index (χ3v) is 7.98. The number of hydrogen-bond acceptors (Lipinski definition) is 8. The fourth-order valence-corrected chi connectivity index (χ4v) is 5.45. The molecule has 0 atom stereocenters. The molecule has 0 bridgehead atoms. The van der Waals surface area contributed by atoms with Crippen LogP contribution in [0.1, 0.15) is 0 Å². The maximum Gasteiger partial charge on any atom is 0.339 e. The van der Waals surface area contributed by atoms with Gasteiger partial charge in [-0.3, -0.25) is 4.55 Å². The summed E-state index contributed by atoms with van der Waals surface area (Å²) in [6, 6.07) is 20.1. The first-order valence-electron chi connectivity index (χ1n) is 9.50. The van der Waals surface area contributed by atoms with Gasteiger partial charge in [0.1, 0.15) is 9.79 Å². The molecule has 0 aromatic heterocycles. The summed E-state index contributed by atoms with van der Waals surface area (Å²) in [6.45, 7) is 0. The lowest BCUT2D eigenvalue weighted by Crippen LogP contribution is -2.13. The van der Waals surface area contributed by atoms with E-state index in [4.69, 9.17) is 8.37 Å². The van der Waals surface area contributed by atoms with E-state index in [9.17, 15) is 29.8 Å². The molecule has 0 saturated heterocycles. The maximum atomic E-state index is 12.8. The third-order valence-electron chi connectivity index (χ3n) is 4.63. The summed E-state index contributed by atoms with van der Waals surface area (Å²) in [5.74, 6) is -0.932. The highest BCUT2D eigenvalue weighted by molar-refractivity contribution is 7.87. The van der Waals surface area contributed by atoms with Gasteiger partial charge in [0.25, 0.3) is 10.1 Å². The lowest BCUT2D eigenvalue weighted by atomic mass is 10.1. The van der Waals surface area contributed by atoms with E-state index in [1.54, 1.807) is 12.1 Å². The molecule has 0 spiro atoms. The van der Waals surface area contributed by atoms with Crippen LogP contribution in [-0.2, 0) is 30.4 Å². The van der Waals surface area contributed by atoms with Crippen molar-refractivity contribution in [3.63, 3.8) is 0 Å². The Bertz CT molecular complexity index is 1680. The van der Waals surface area contributed by atoms with Gasteiger partial charge in [-0.25, -0.2) is 0 Å². The van der Waals surface area contributed by atoms with Crippen LogP contribution < -0.4 is 8.37 Å². The van der Waals surface area contributed by atoms with E-state index in [1.807, 2.05) is 0 Å². The highest BCUT2D eigenvalue weighted by atomic mass is 32.2. The van der Waals surface area contributed by atoms with Crippen LogP contribution in [0.4, 0.5) is 0 Å². The van der Waals surface area contributed by atoms with Gasteiger partial charge in [-0.1, -0.05) is 42.5 Å². The average molecular weight is 521 g/mol. The van der Waals surface area contributed by atoms with Gasteiger partial charge >= 0.3 is 20.2 Å². The summed E-state index contributed by atoms with van der Waals surface area (Å²) in [7, 11) is -13.3. The quantitative estimate of drug-likeness (QED) is 0.286. The van der Waals surface area contributed by atoms with E-state index in [1.165, 1.54) is 60.7 Å². The van der Waals surface area contributed by atoms with Crippen molar-refractivity contribution in [3.8, 4) is 11.5 Å². The van der Waals surface area contributed by atoms with Crippen molar-refractivity contribution in [2.45, 2.75) is 14.7 Å². The minimum absolute atomic E-state index is 0.151. The molecule has 34 heavy (non-hydrogen) atoms. The summed E-state index contributed by atoms with van der Waals surface area (Å²) < 4.78 is 93.9.